The number of sulfone groups is 3. The highest BCUT2D eigenvalue weighted by Gasteiger charge is 2.67. The fourth-order valence-corrected chi connectivity index (χ4v) is 22.1. The summed E-state index contributed by atoms with van der Waals surface area (Å²) < 4.78 is 300. The van der Waals surface area contributed by atoms with Crippen LogP contribution in [0, 0.1) is 0 Å². The molecule has 14 nitrogen and oxygen atoms in total. The standard InChI is InChI=1S/3C18H15S.C4H4F6O6S3.C2F6NO4S2.CHF3O3S/c3*1-4-10-16(11-5-1)19(17-12-6-2-7-13-17)18-14-8-3-9-15-18;1-17(11,12)2(18(13,14)3(5,6)7)19(15,16)4(8,9)10;3-1(4,5)14(10,11)9-15(12,13)2(6,7)8;2-1(3,4)8(5,6)7/h3*1-15H;2H,1H3;;(H,5,6,7)/q3*+1;;-1;/p-1. The van der Waals surface area contributed by atoms with Crippen molar-refractivity contribution in [2.75, 3.05) is 6.26 Å². The summed E-state index contributed by atoms with van der Waals surface area (Å²) in [6, 6.07) is 96.5. The van der Waals surface area contributed by atoms with Gasteiger partial charge >= 0.3 is 27.5 Å². The summed E-state index contributed by atoms with van der Waals surface area (Å²) >= 11 is 0. The van der Waals surface area contributed by atoms with Gasteiger partial charge in [-0.2, -0.15) is 65.9 Å². The van der Waals surface area contributed by atoms with Crippen LogP contribution in [-0.2, 0) is 92.4 Å². The van der Waals surface area contributed by atoms with E-state index in [-0.39, 0.29) is 38.9 Å². The van der Waals surface area contributed by atoms with E-state index < -0.39 is 91.1 Å². The molecule has 0 aromatic heterocycles. The molecule has 0 N–H and O–H groups in total. The van der Waals surface area contributed by atoms with Crippen molar-refractivity contribution >= 4 is 92.4 Å². The monoisotopic (exact) mass is 1580 g/mol. The van der Waals surface area contributed by atoms with E-state index >= 15 is 0 Å². The van der Waals surface area contributed by atoms with Gasteiger partial charge in [-0.1, -0.05) is 164 Å². The SMILES string of the molecule is CS(=O)(=O)C(S(=O)(=O)C(F)(F)F)S(=O)(=O)C(F)(F)F.O=S(=O)([N-]S(=O)(=O)C(F)(F)F)C(F)(F)F.O=S(=O)([O-])C(F)(F)F.c1ccc([S+](c2ccccc2)c2ccccc2)cc1.c1ccc([S+](c2ccccc2)c2ccccc2)cc1.c1ccc([S+](c2ccccc2)c2ccccc2)cc1. The number of sulfonamides is 2. The van der Waals surface area contributed by atoms with E-state index in [9.17, 15) is 108 Å². The molecule has 0 aliphatic carbocycles. The number of rotatable bonds is 14. The Morgan fingerprint density at radius 1 is 0.263 bits per heavy atom. The number of nitrogens with zero attached hydrogens (tertiary/aromatic N) is 1. The second-order valence-corrected chi connectivity index (χ2v) is 36.6. The zero-order valence-corrected chi connectivity index (χ0v) is 57.0. The lowest BCUT2D eigenvalue weighted by Crippen LogP contribution is -2.48. The van der Waals surface area contributed by atoms with Crippen LogP contribution in [-0.4, -0.2) is 92.8 Å². The maximum Gasteiger partial charge on any atom is 0.499 e. The van der Waals surface area contributed by atoms with Crippen molar-refractivity contribution in [3.05, 3.63) is 277 Å². The smallest absolute Gasteiger partial charge is 0.499 e. The molecular weight excluding hydrogens is 1530 g/mol. The van der Waals surface area contributed by atoms with E-state index in [0.717, 1.165) is 4.13 Å². The number of hydrogen-bond donors (Lipinski definition) is 0. The van der Waals surface area contributed by atoms with Crippen LogP contribution in [0.2, 0.25) is 0 Å². The van der Waals surface area contributed by atoms with Crippen molar-refractivity contribution in [1.82, 2.24) is 0 Å². The van der Waals surface area contributed by atoms with Crippen LogP contribution >= 0.6 is 0 Å². The highest BCUT2D eigenvalue weighted by molar-refractivity contribution is 8.24. The van der Waals surface area contributed by atoms with Gasteiger partial charge in [-0.05, 0) is 109 Å². The third kappa shape index (κ3) is 24.7. The Bertz CT molecular complexity index is 4020. The quantitative estimate of drug-likeness (QED) is 0.0426. The Kier molecular flexibility index (Phi) is 29.9. The second-order valence-electron chi connectivity index (χ2n) is 18.7. The Labute approximate surface area is 568 Å². The van der Waals surface area contributed by atoms with Crippen LogP contribution in [0.1, 0.15) is 0 Å². The van der Waals surface area contributed by atoms with Crippen LogP contribution in [0.5, 0.6) is 0 Å². The molecule has 0 unspecified atom stereocenters. The van der Waals surface area contributed by atoms with Gasteiger partial charge < -0.3 is 8.68 Å². The molecule has 0 heterocycles. The molecule has 9 rings (SSSR count). The van der Waals surface area contributed by atoms with Crippen molar-refractivity contribution in [1.29, 1.82) is 0 Å². The van der Waals surface area contributed by atoms with Gasteiger partial charge in [0.05, 0.1) is 32.7 Å². The summed E-state index contributed by atoms with van der Waals surface area (Å²) in [6.45, 7) is 0. The lowest BCUT2D eigenvalue weighted by atomic mass is 10.4. The Morgan fingerprint density at radius 2 is 0.394 bits per heavy atom. The predicted molar refractivity (Wildman–Crippen MR) is 342 cm³/mol. The number of hydrogen-bond acceptors (Lipinski definition) is 13. The normalized spacial score (nSPS) is 12.6. The summed E-state index contributed by atoms with van der Waals surface area (Å²) in [6.07, 6.45) is -0.371. The van der Waals surface area contributed by atoms with Crippen molar-refractivity contribution in [3.8, 4) is 0 Å². The van der Waals surface area contributed by atoms with E-state index in [4.69, 9.17) is 13.0 Å². The van der Waals surface area contributed by atoms with Gasteiger partial charge in [0.15, 0.2) is 84.1 Å². The van der Waals surface area contributed by atoms with Gasteiger partial charge in [0, 0.05) is 6.26 Å². The van der Waals surface area contributed by atoms with E-state index in [1.807, 2.05) is 0 Å². The van der Waals surface area contributed by atoms with E-state index in [0.29, 0.717) is 0 Å². The molecule has 0 bridgehead atoms. The van der Waals surface area contributed by atoms with Crippen molar-refractivity contribution in [3.63, 3.8) is 0 Å². The lowest BCUT2D eigenvalue weighted by molar-refractivity contribution is -0.0519. The Balaban J connectivity index is 0.000000256. The van der Waals surface area contributed by atoms with Crippen LogP contribution in [0.3, 0.4) is 0 Å². The molecule has 99 heavy (non-hydrogen) atoms. The first kappa shape index (κ1) is 84.0. The summed E-state index contributed by atoms with van der Waals surface area (Å²) in [7, 11) is -39.6. The fourth-order valence-electron chi connectivity index (χ4n) is 7.29. The maximum atomic E-state index is 12.0. The molecule has 38 heteroatoms. The number of alkyl halides is 15. The van der Waals surface area contributed by atoms with Gasteiger partial charge in [0.1, 0.15) is 0 Å². The third-order valence-electron chi connectivity index (χ3n) is 11.4. The molecule has 9 aromatic carbocycles. The van der Waals surface area contributed by atoms with Crippen LogP contribution in [0.25, 0.3) is 4.13 Å². The first-order valence-electron chi connectivity index (χ1n) is 26.5. The molecule has 0 amide bonds. The summed E-state index contributed by atoms with van der Waals surface area (Å²) in [5.41, 5.74) is -31.0. The largest absolute Gasteiger partial charge is 0.741 e. The van der Waals surface area contributed by atoms with Gasteiger partial charge in [-0.15, -0.1) is 0 Å². The maximum absolute atomic E-state index is 12.0. The van der Waals surface area contributed by atoms with Gasteiger partial charge in [0.2, 0.25) is 0 Å². The second kappa shape index (κ2) is 35.3. The molecule has 0 aliphatic rings. The molecule has 0 radical (unpaired) electrons. The van der Waals surface area contributed by atoms with Crippen molar-refractivity contribution < 1.29 is 121 Å². The van der Waals surface area contributed by atoms with Gasteiger partial charge in [0.25, 0.3) is 23.6 Å². The summed E-state index contributed by atoms with van der Waals surface area (Å²) in [5.74, 6) is 0. The summed E-state index contributed by atoms with van der Waals surface area (Å²) in [4.78, 5) is 12.2. The summed E-state index contributed by atoms with van der Waals surface area (Å²) in [5, 5.41) is 0. The number of halogens is 15. The van der Waals surface area contributed by atoms with Crippen molar-refractivity contribution in [2.24, 2.45) is 0 Å². The lowest BCUT2D eigenvalue weighted by Gasteiger charge is -2.22. The van der Waals surface area contributed by atoms with E-state index in [1.54, 1.807) is 0 Å². The molecule has 0 aliphatic heterocycles. The van der Waals surface area contributed by atoms with Crippen LogP contribution in [0.15, 0.2) is 317 Å². The van der Waals surface area contributed by atoms with Crippen LogP contribution < -0.4 is 0 Å². The zero-order valence-electron chi connectivity index (χ0n) is 49.7. The zero-order chi connectivity index (χ0) is 74.5. The fraction of sp³-hybridized carbons (Fsp3) is 0.115. The van der Waals surface area contributed by atoms with Crippen molar-refractivity contribution in [2.45, 2.75) is 75.5 Å². The molecule has 0 atom stereocenters. The van der Waals surface area contributed by atoms with E-state index in [2.05, 4.69) is 273 Å². The molecule has 0 saturated heterocycles. The molecule has 0 fully saturated rings. The van der Waals surface area contributed by atoms with E-state index in [1.165, 1.54) is 44.1 Å². The molecular formula is C61H49F15NO13S9+. The Hall–Kier alpha value is -7.40. The Morgan fingerprint density at radius 3 is 0.485 bits per heavy atom. The molecule has 9 aromatic rings. The molecule has 0 saturated carbocycles. The first-order chi connectivity index (χ1) is 45.7. The van der Waals surface area contributed by atoms with Crippen LogP contribution in [0.4, 0.5) is 65.9 Å². The molecule has 0 spiro atoms. The highest BCUT2D eigenvalue weighted by Crippen LogP contribution is 2.40. The molecule has 534 valence electrons. The minimum Gasteiger partial charge on any atom is -0.741 e. The topological polar surface area (TPSA) is 242 Å². The van der Waals surface area contributed by atoms with Gasteiger partial charge in [-0.3, -0.25) is 0 Å². The first-order valence-corrected chi connectivity index (χ1v) is 39.5. The number of benzene rings is 9. The third-order valence-corrected chi connectivity index (χ3v) is 29.5. The average Bonchev–Trinajstić information content (AvgIpc) is 0.735. The minimum absolute atomic E-state index is 0.0146. The average molecular weight is 1580 g/mol. The van der Waals surface area contributed by atoms with Gasteiger partial charge in [-0.25, -0.2) is 50.5 Å². The highest BCUT2D eigenvalue weighted by atomic mass is 32.3. The minimum atomic E-state index is -7.13. The predicted octanol–water partition coefficient (Wildman–Crippen LogP) is 15.6.